The van der Waals surface area contributed by atoms with Gasteiger partial charge in [-0.1, -0.05) is 13.3 Å². The summed E-state index contributed by atoms with van der Waals surface area (Å²) >= 11 is 0. The van der Waals surface area contributed by atoms with E-state index in [1.54, 1.807) is 0 Å². The number of ether oxygens (including phenoxy) is 4. The predicted molar refractivity (Wildman–Crippen MR) is 103 cm³/mol. The van der Waals surface area contributed by atoms with Crippen LogP contribution in [0.25, 0.3) is 10.8 Å². The van der Waals surface area contributed by atoms with Crippen molar-refractivity contribution < 1.29 is 28.5 Å². The maximum absolute atomic E-state index is 12.3. The highest BCUT2D eigenvalue weighted by Gasteiger charge is 2.26. The quantitative estimate of drug-likeness (QED) is 0.525. The van der Waals surface area contributed by atoms with Crippen LogP contribution in [-0.2, 0) is 9.59 Å². The number of unbranched alkanes of at least 4 members (excludes halogenated alkanes) is 1. The molecule has 0 aliphatic carbocycles. The van der Waals surface area contributed by atoms with Crippen molar-refractivity contribution in [2.45, 2.75) is 47.0 Å². The summed E-state index contributed by atoms with van der Waals surface area (Å²) in [5, 5.41) is 1.24. The number of aryl methyl sites for hydroxylation is 2. The summed E-state index contributed by atoms with van der Waals surface area (Å²) in [4.78, 5) is 23.9. The largest absolute Gasteiger partial charge is 0.490 e. The Morgan fingerprint density at radius 1 is 0.852 bits per heavy atom. The zero-order chi connectivity index (χ0) is 20.1. The molecule has 0 saturated heterocycles. The van der Waals surface area contributed by atoms with E-state index in [9.17, 15) is 9.59 Å². The lowest BCUT2D eigenvalue weighted by Gasteiger charge is -2.20. The minimum atomic E-state index is -0.484. The molecule has 0 unspecified atom stereocenters. The maximum atomic E-state index is 12.3. The van der Waals surface area contributed by atoms with Crippen LogP contribution in [0.3, 0.4) is 0 Å². The number of esters is 2. The van der Waals surface area contributed by atoms with Crippen LogP contribution in [-0.4, -0.2) is 26.2 Å². The first-order valence-corrected chi connectivity index (χ1v) is 8.91. The van der Waals surface area contributed by atoms with E-state index >= 15 is 0 Å². The summed E-state index contributed by atoms with van der Waals surface area (Å²) < 4.78 is 22.0. The number of fused-ring (bicyclic) bond motifs is 1. The van der Waals surface area contributed by atoms with E-state index in [0.717, 1.165) is 24.0 Å². The van der Waals surface area contributed by atoms with Crippen molar-refractivity contribution >= 4 is 22.7 Å². The van der Waals surface area contributed by atoms with Gasteiger partial charge in [0.1, 0.15) is 0 Å². The number of carbonyl (C=O) groups is 2. The standard InChI is InChI=1S/C21H26O6/c1-7-8-9-17(23)27-19-16-11-13(3)12(2)10-15(16)18(26-14(4)22)20(24-5)21(19)25-6/h10-11H,7-9H2,1-6H3. The van der Waals surface area contributed by atoms with Crippen molar-refractivity contribution in [3.63, 3.8) is 0 Å². The van der Waals surface area contributed by atoms with Gasteiger partial charge in [0.05, 0.1) is 14.2 Å². The van der Waals surface area contributed by atoms with Crippen molar-refractivity contribution in [3.8, 4) is 23.0 Å². The lowest BCUT2D eigenvalue weighted by atomic mass is 10.00. The van der Waals surface area contributed by atoms with Crippen LogP contribution in [0.1, 0.15) is 44.2 Å². The molecule has 2 aromatic rings. The van der Waals surface area contributed by atoms with Gasteiger partial charge in [0.25, 0.3) is 0 Å². The molecule has 0 spiro atoms. The molecule has 0 heterocycles. The molecule has 0 N–H and O–H groups in total. The first-order chi connectivity index (χ1) is 12.8. The lowest BCUT2D eigenvalue weighted by molar-refractivity contribution is -0.134. The molecular weight excluding hydrogens is 348 g/mol. The Labute approximate surface area is 159 Å². The van der Waals surface area contributed by atoms with Gasteiger partial charge in [-0.3, -0.25) is 9.59 Å². The smallest absolute Gasteiger partial charge is 0.311 e. The second-order valence-corrected chi connectivity index (χ2v) is 6.38. The molecule has 6 nitrogen and oxygen atoms in total. The van der Waals surface area contributed by atoms with Gasteiger partial charge in [0, 0.05) is 24.1 Å². The van der Waals surface area contributed by atoms with Crippen LogP contribution in [0.2, 0.25) is 0 Å². The Kier molecular flexibility index (Phi) is 6.66. The van der Waals surface area contributed by atoms with Gasteiger partial charge in [-0.05, 0) is 43.5 Å². The fourth-order valence-corrected chi connectivity index (χ4v) is 2.85. The van der Waals surface area contributed by atoms with E-state index in [2.05, 4.69) is 0 Å². The third-order valence-corrected chi connectivity index (χ3v) is 4.35. The number of hydrogen-bond acceptors (Lipinski definition) is 6. The zero-order valence-electron chi connectivity index (χ0n) is 16.7. The van der Waals surface area contributed by atoms with Crippen molar-refractivity contribution in [3.05, 3.63) is 23.3 Å². The van der Waals surface area contributed by atoms with Gasteiger partial charge in [0.15, 0.2) is 11.5 Å². The molecule has 0 aliphatic heterocycles. The Bertz CT molecular complexity index is 869. The van der Waals surface area contributed by atoms with Gasteiger partial charge in [-0.15, -0.1) is 0 Å². The van der Waals surface area contributed by atoms with Gasteiger partial charge in [-0.2, -0.15) is 0 Å². The van der Waals surface area contributed by atoms with Gasteiger partial charge in [0.2, 0.25) is 11.5 Å². The highest BCUT2D eigenvalue weighted by molar-refractivity contribution is 6.02. The number of carbonyl (C=O) groups excluding carboxylic acids is 2. The normalized spacial score (nSPS) is 10.6. The number of benzene rings is 2. The molecule has 2 aromatic carbocycles. The molecule has 0 bridgehead atoms. The number of rotatable bonds is 7. The summed E-state index contributed by atoms with van der Waals surface area (Å²) in [5.74, 6) is 0.105. The Morgan fingerprint density at radius 2 is 1.33 bits per heavy atom. The zero-order valence-corrected chi connectivity index (χ0v) is 16.7. The number of hydrogen-bond donors (Lipinski definition) is 0. The molecule has 2 rings (SSSR count). The van der Waals surface area contributed by atoms with Crippen molar-refractivity contribution in [2.75, 3.05) is 14.2 Å². The fourth-order valence-electron chi connectivity index (χ4n) is 2.85. The SMILES string of the molecule is CCCCC(=O)Oc1c(OC)c(OC)c(OC(C)=O)c2cc(C)c(C)cc12. The second kappa shape index (κ2) is 8.75. The van der Waals surface area contributed by atoms with Crippen LogP contribution >= 0.6 is 0 Å². The van der Waals surface area contributed by atoms with E-state index < -0.39 is 5.97 Å². The van der Waals surface area contributed by atoms with Crippen LogP contribution in [0, 0.1) is 13.8 Å². The van der Waals surface area contributed by atoms with Crippen molar-refractivity contribution in [2.24, 2.45) is 0 Å². The third-order valence-electron chi connectivity index (χ3n) is 4.35. The summed E-state index contributed by atoms with van der Waals surface area (Å²) in [6.07, 6.45) is 1.93. The maximum Gasteiger partial charge on any atom is 0.311 e. The van der Waals surface area contributed by atoms with E-state index in [0.29, 0.717) is 17.2 Å². The van der Waals surface area contributed by atoms with Crippen LogP contribution in [0.15, 0.2) is 12.1 Å². The van der Waals surface area contributed by atoms with E-state index in [-0.39, 0.29) is 29.0 Å². The minimum Gasteiger partial charge on any atom is -0.490 e. The van der Waals surface area contributed by atoms with Crippen LogP contribution in [0.4, 0.5) is 0 Å². The molecule has 0 radical (unpaired) electrons. The Balaban J connectivity index is 2.81. The average molecular weight is 374 g/mol. The van der Waals surface area contributed by atoms with E-state index in [1.165, 1.54) is 21.1 Å². The van der Waals surface area contributed by atoms with Crippen molar-refractivity contribution in [1.82, 2.24) is 0 Å². The van der Waals surface area contributed by atoms with Crippen LogP contribution in [0.5, 0.6) is 23.0 Å². The summed E-state index contributed by atoms with van der Waals surface area (Å²) in [6.45, 7) is 7.24. The Hall–Kier alpha value is -2.76. The lowest BCUT2D eigenvalue weighted by Crippen LogP contribution is -2.11. The molecule has 0 amide bonds. The molecule has 0 saturated carbocycles. The Morgan fingerprint density at radius 3 is 1.74 bits per heavy atom. The summed E-state index contributed by atoms with van der Waals surface area (Å²) in [6, 6.07) is 3.77. The first kappa shape index (κ1) is 20.6. The van der Waals surface area contributed by atoms with Crippen LogP contribution < -0.4 is 18.9 Å². The summed E-state index contributed by atoms with van der Waals surface area (Å²) in [7, 11) is 2.89. The van der Waals surface area contributed by atoms with Crippen molar-refractivity contribution in [1.29, 1.82) is 0 Å². The average Bonchev–Trinajstić information content (AvgIpc) is 2.62. The summed E-state index contributed by atoms with van der Waals surface area (Å²) in [5.41, 5.74) is 2.01. The molecule has 0 atom stereocenters. The van der Waals surface area contributed by atoms with E-state index in [1.807, 2.05) is 32.9 Å². The molecule has 0 aromatic heterocycles. The third kappa shape index (κ3) is 4.32. The topological polar surface area (TPSA) is 71.1 Å². The van der Waals surface area contributed by atoms with Gasteiger partial charge in [-0.25, -0.2) is 0 Å². The minimum absolute atomic E-state index is 0.210. The molecule has 6 heteroatoms. The number of methoxy groups -OCH3 is 2. The first-order valence-electron chi connectivity index (χ1n) is 8.91. The highest BCUT2D eigenvalue weighted by atomic mass is 16.6. The fraction of sp³-hybridized carbons (Fsp3) is 0.429. The van der Waals surface area contributed by atoms with Gasteiger partial charge >= 0.3 is 11.9 Å². The van der Waals surface area contributed by atoms with E-state index in [4.69, 9.17) is 18.9 Å². The highest BCUT2D eigenvalue weighted by Crippen LogP contribution is 2.51. The molecule has 0 fully saturated rings. The second-order valence-electron chi connectivity index (χ2n) is 6.38. The predicted octanol–water partition coefficient (Wildman–Crippen LogP) is 4.49. The molecule has 27 heavy (non-hydrogen) atoms. The molecule has 146 valence electrons. The molecule has 0 aliphatic rings. The monoisotopic (exact) mass is 374 g/mol. The van der Waals surface area contributed by atoms with Gasteiger partial charge < -0.3 is 18.9 Å². The molecular formula is C21H26O6.